The number of hydrogen-bond acceptors (Lipinski definition) is 3. The van der Waals surface area contributed by atoms with Crippen molar-refractivity contribution in [3.8, 4) is 0 Å². The first kappa shape index (κ1) is 12.2. The molecule has 4 unspecified atom stereocenters. The number of carbonyl (C=O) groups is 2. The number of hydrogen-bond donors (Lipinski definition) is 0. The average molecular weight is 250 g/mol. The molecule has 0 aromatic rings. The summed E-state index contributed by atoms with van der Waals surface area (Å²) >= 11 is 0. The predicted octanol–water partition coefficient (Wildman–Crippen LogP) is 2.44. The molecule has 7 atom stereocenters. The van der Waals surface area contributed by atoms with Crippen molar-refractivity contribution < 1.29 is 14.3 Å². The van der Waals surface area contributed by atoms with Crippen LogP contribution in [0.1, 0.15) is 39.5 Å². The molecule has 3 heteroatoms. The molecule has 1 heterocycles. The van der Waals surface area contributed by atoms with Gasteiger partial charge in [-0.2, -0.15) is 0 Å². The second-order valence-electron chi connectivity index (χ2n) is 6.62. The Morgan fingerprint density at radius 3 is 2.72 bits per heavy atom. The highest BCUT2D eigenvalue weighted by molar-refractivity contribution is 5.76. The van der Waals surface area contributed by atoms with Gasteiger partial charge in [0, 0.05) is 11.8 Å². The zero-order chi connectivity index (χ0) is 12.9. The molecule has 1 saturated heterocycles. The van der Waals surface area contributed by atoms with Crippen LogP contribution >= 0.6 is 0 Å². The van der Waals surface area contributed by atoms with Crippen LogP contribution in [0.5, 0.6) is 0 Å². The molecule has 0 aromatic carbocycles. The summed E-state index contributed by atoms with van der Waals surface area (Å²) in [6.45, 7) is 4.23. The normalized spacial score (nSPS) is 51.2. The number of esters is 1. The van der Waals surface area contributed by atoms with Crippen molar-refractivity contribution in [1.29, 1.82) is 0 Å². The summed E-state index contributed by atoms with van der Waals surface area (Å²) in [6.07, 6.45) is 5.56. The van der Waals surface area contributed by atoms with Gasteiger partial charge in [-0.3, -0.25) is 4.79 Å². The molecule has 100 valence electrons. The van der Waals surface area contributed by atoms with Crippen LogP contribution in [0.15, 0.2) is 0 Å². The van der Waals surface area contributed by atoms with E-state index in [0.717, 1.165) is 25.0 Å². The van der Waals surface area contributed by atoms with Gasteiger partial charge in [0.2, 0.25) is 0 Å². The van der Waals surface area contributed by atoms with Crippen LogP contribution in [-0.2, 0) is 14.3 Å². The number of rotatable bonds is 1. The molecule has 2 saturated carbocycles. The lowest BCUT2D eigenvalue weighted by Gasteiger charge is -2.46. The van der Waals surface area contributed by atoms with E-state index in [-0.39, 0.29) is 29.8 Å². The van der Waals surface area contributed by atoms with E-state index >= 15 is 0 Å². The highest BCUT2D eigenvalue weighted by Gasteiger charge is 2.54. The fraction of sp³-hybridized carbons (Fsp3) is 0.867. The number of fused-ring (bicyclic) bond motifs is 2. The first-order valence-corrected chi connectivity index (χ1v) is 7.27. The van der Waals surface area contributed by atoms with E-state index in [9.17, 15) is 9.59 Å². The van der Waals surface area contributed by atoms with Crippen molar-refractivity contribution >= 4 is 12.3 Å². The van der Waals surface area contributed by atoms with E-state index in [1.54, 1.807) is 0 Å². The Kier molecular flexibility index (Phi) is 2.95. The largest absolute Gasteiger partial charge is 0.462 e. The lowest BCUT2D eigenvalue weighted by molar-refractivity contribution is -0.144. The van der Waals surface area contributed by atoms with Gasteiger partial charge in [0.1, 0.15) is 12.4 Å². The summed E-state index contributed by atoms with van der Waals surface area (Å²) in [5, 5.41) is 0. The molecule has 2 aliphatic carbocycles. The quantitative estimate of drug-likeness (QED) is 0.530. The highest BCUT2D eigenvalue weighted by atomic mass is 16.6. The number of cyclic esters (lactones) is 1. The molecule has 0 N–H and O–H groups in total. The fourth-order valence-electron chi connectivity index (χ4n) is 4.77. The Morgan fingerprint density at radius 1 is 1.22 bits per heavy atom. The summed E-state index contributed by atoms with van der Waals surface area (Å²) in [6, 6.07) is 0. The monoisotopic (exact) mass is 250 g/mol. The Hall–Kier alpha value is -0.860. The third-order valence-electron chi connectivity index (χ3n) is 5.57. The smallest absolute Gasteiger partial charge is 0.309 e. The summed E-state index contributed by atoms with van der Waals surface area (Å²) in [5.41, 5.74) is 0. The molecule has 1 aliphatic heterocycles. The third-order valence-corrected chi connectivity index (χ3v) is 5.57. The molecule has 0 spiro atoms. The minimum absolute atomic E-state index is 0.0123. The molecule has 0 aromatic heterocycles. The van der Waals surface area contributed by atoms with E-state index in [2.05, 4.69) is 6.92 Å². The molecular formula is C15H22O3. The predicted molar refractivity (Wildman–Crippen MR) is 66.7 cm³/mol. The standard InChI is InChI=1S/C15H22O3/c1-8-3-4-11-10(5-8)6-12-14(13(11)7-16)9(2)18-15(12)17/h7-14H,3-6H2,1-2H3/t8?,9-,10?,11?,12-,13?,14-/m0/s1. The zero-order valence-corrected chi connectivity index (χ0v) is 11.2. The number of ether oxygens (including phenoxy) is 1. The summed E-state index contributed by atoms with van der Waals surface area (Å²) in [4.78, 5) is 23.4. The van der Waals surface area contributed by atoms with Crippen molar-refractivity contribution in [1.82, 2.24) is 0 Å². The second kappa shape index (κ2) is 4.36. The van der Waals surface area contributed by atoms with Crippen LogP contribution in [0, 0.1) is 35.5 Å². The minimum Gasteiger partial charge on any atom is -0.462 e. The molecule has 0 radical (unpaired) electrons. The zero-order valence-electron chi connectivity index (χ0n) is 11.2. The number of carbonyl (C=O) groups excluding carboxylic acids is 2. The third kappa shape index (κ3) is 1.70. The Labute approximate surface area is 108 Å². The van der Waals surface area contributed by atoms with Crippen LogP contribution < -0.4 is 0 Å². The van der Waals surface area contributed by atoms with Gasteiger partial charge in [0.25, 0.3) is 0 Å². The molecule has 3 rings (SSSR count). The van der Waals surface area contributed by atoms with Gasteiger partial charge in [-0.1, -0.05) is 13.3 Å². The van der Waals surface area contributed by atoms with Gasteiger partial charge in [-0.15, -0.1) is 0 Å². The van der Waals surface area contributed by atoms with Crippen LogP contribution in [0.4, 0.5) is 0 Å². The maximum absolute atomic E-state index is 11.9. The van der Waals surface area contributed by atoms with Crippen LogP contribution in [0.25, 0.3) is 0 Å². The van der Waals surface area contributed by atoms with E-state index in [1.807, 2.05) is 6.92 Å². The summed E-state index contributed by atoms with van der Waals surface area (Å²) in [5.74, 6) is 1.91. The summed E-state index contributed by atoms with van der Waals surface area (Å²) < 4.78 is 5.38. The SMILES string of the molecule is CC1CCC2C(C1)C[C@@H]1C(=O)O[C@@H](C)[C@@H]1C2C=O. The molecule has 3 nitrogen and oxygen atoms in total. The van der Waals surface area contributed by atoms with Crippen molar-refractivity contribution in [3.05, 3.63) is 0 Å². The van der Waals surface area contributed by atoms with Gasteiger partial charge >= 0.3 is 5.97 Å². The van der Waals surface area contributed by atoms with E-state index in [1.165, 1.54) is 12.8 Å². The fourth-order valence-corrected chi connectivity index (χ4v) is 4.77. The molecule has 0 amide bonds. The molecule has 18 heavy (non-hydrogen) atoms. The molecule has 0 bridgehead atoms. The first-order chi connectivity index (χ1) is 8.61. The topological polar surface area (TPSA) is 43.4 Å². The lowest BCUT2D eigenvalue weighted by Crippen LogP contribution is -2.45. The maximum atomic E-state index is 11.9. The Bertz CT molecular complexity index is 365. The summed E-state index contributed by atoms with van der Waals surface area (Å²) in [7, 11) is 0. The second-order valence-corrected chi connectivity index (χ2v) is 6.62. The highest BCUT2D eigenvalue weighted by Crippen LogP contribution is 2.53. The van der Waals surface area contributed by atoms with Gasteiger partial charge < -0.3 is 9.53 Å². The minimum atomic E-state index is -0.0713. The molecule has 3 aliphatic rings. The maximum Gasteiger partial charge on any atom is 0.309 e. The van der Waals surface area contributed by atoms with Gasteiger partial charge in [-0.05, 0) is 43.9 Å². The van der Waals surface area contributed by atoms with Gasteiger partial charge in [-0.25, -0.2) is 0 Å². The number of aldehydes is 1. The van der Waals surface area contributed by atoms with Crippen molar-refractivity contribution in [2.45, 2.75) is 45.6 Å². The van der Waals surface area contributed by atoms with Crippen molar-refractivity contribution in [2.75, 3.05) is 0 Å². The van der Waals surface area contributed by atoms with Crippen LogP contribution in [0.3, 0.4) is 0 Å². The van der Waals surface area contributed by atoms with Crippen molar-refractivity contribution in [2.24, 2.45) is 35.5 Å². The Morgan fingerprint density at radius 2 is 2.00 bits per heavy atom. The van der Waals surface area contributed by atoms with E-state index < -0.39 is 0 Å². The van der Waals surface area contributed by atoms with E-state index in [0.29, 0.717) is 11.8 Å². The van der Waals surface area contributed by atoms with Crippen LogP contribution in [0.2, 0.25) is 0 Å². The first-order valence-electron chi connectivity index (χ1n) is 7.27. The van der Waals surface area contributed by atoms with Crippen molar-refractivity contribution in [3.63, 3.8) is 0 Å². The van der Waals surface area contributed by atoms with Crippen LogP contribution in [-0.4, -0.2) is 18.4 Å². The molecular weight excluding hydrogens is 228 g/mol. The molecule has 3 fully saturated rings. The lowest BCUT2D eigenvalue weighted by atomic mass is 9.56. The Balaban J connectivity index is 1.89. The average Bonchev–Trinajstić information content (AvgIpc) is 2.62. The van der Waals surface area contributed by atoms with Gasteiger partial charge in [0.15, 0.2) is 0 Å². The van der Waals surface area contributed by atoms with E-state index in [4.69, 9.17) is 4.74 Å². The van der Waals surface area contributed by atoms with Gasteiger partial charge in [0.05, 0.1) is 5.92 Å².